The van der Waals surface area contributed by atoms with E-state index in [2.05, 4.69) is 21.3 Å². The fraction of sp³-hybridized carbons (Fsp3) is 0.378. The molecule has 65 heavy (non-hydrogen) atoms. The highest BCUT2D eigenvalue weighted by atomic mass is 31.2. The molecule has 0 fully saturated rings. The van der Waals surface area contributed by atoms with Crippen molar-refractivity contribution < 1.29 is 65.4 Å². The molecule has 0 saturated heterocycles. The first-order valence-electron chi connectivity index (χ1n) is 21.1. The topological polar surface area (TPSA) is 224 Å². The summed E-state index contributed by atoms with van der Waals surface area (Å²) in [7, 11) is -9.80. The van der Waals surface area contributed by atoms with Crippen molar-refractivity contribution in [2.75, 3.05) is 5.90 Å². The van der Waals surface area contributed by atoms with Crippen LogP contribution in [0.5, 0.6) is 0 Å². The average molecular weight is 941 g/mol. The molecule has 0 aliphatic carbocycles. The molecule has 352 valence electrons. The Hall–Kier alpha value is -5.74. The minimum absolute atomic E-state index is 0.0120. The van der Waals surface area contributed by atoms with E-state index in [4.69, 9.17) is 37.0 Å². The van der Waals surface area contributed by atoms with Crippen LogP contribution in [0.3, 0.4) is 0 Å². The molecule has 0 aliphatic heterocycles. The zero-order valence-electron chi connectivity index (χ0n) is 36.8. The maximum Gasteiger partial charge on any atom is 0.409 e. The molecule has 4 atom stereocenters. The number of nitrogens with one attached hydrogen (secondary N) is 4. The highest BCUT2D eigenvalue weighted by Crippen LogP contribution is 2.66. The standard InChI is InChI=1S/C45H58N4O14P2/c1-5-38(46-42(50)56-29-34-21-13-9-14-22-34)60-64(54,61-39(6-2)47-43(51)57-30-35-23-15-10-16-24-35)33-65(55,62-40(7-3)48-44(52)58-31-36-25-17-11-18-26-36)63-41(8-4)49-45(53)59-32-37-27-19-12-20-28-37/h9-28,38-41H,5-8,29-33H2,1-4H3,(H,46,50)(H,47,51)(H,48,52)(H,49,53). The number of carbonyl (C=O) groups is 4. The summed E-state index contributed by atoms with van der Waals surface area (Å²) in [6.45, 7) is 6.02. The van der Waals surface area contributed by atoms with Crippen LogP contribution in [0.25, 0.3) is 0 Å². The zero-order valence-corrected chi connectivity index (χ0v) is 38.6. The Labute approximate surface area is 379 Å². The third kappa shape index (κ3) is 19.9. The molecule has 4 unspecified atom stereocenters. The molecule has 4 rings (SSSR count). The van der Waals surface area contributed by atoms with Gasteiger partial charge in [-0.25, -0.2) is 19.2 Å². The number of amides is 4. The smallest absolute Gasteiger partial charge is 0.409 e. The summed E-state index contributed by atoms with van der Waals surface area (Å²) in [4.78, 5) is 52.0. The van der Waals surface area contributed by atoms with E-state index in [1.807, 2.05) is 24.3 Å². The van der Waals surface area contributed by atoms with Crippen molar-refractivity contribution in [3.63, 3.8) is 0 Å². The molecule has 0 saturated carbocycles. The Balaban J connectivity index is 1.61. The second kappa shape index (κ2) is 27.6. The van der Waals surface area contributed by atoms with Crippen LogP contribution in [-0.4, -0.2) is 55.2 Å². The molecule has 18 nitrogen and oxygen atoms in total. The van der Waals surface area contributed by atoms with Gasteiger partial charge in [-0.3, -0.25) is 48.5 Å². The van der Waals surface area contributed by atoms with Crippen molar-refractivity contribution in [3.05, 3.63) is 144 Å². The molecule has 0 bridgehead atoms. The Morgan fingerprint density at radius 3 is 0.769 bits per heavy atom. The van der Waals surface area contributed by atoms with Gasteiger partial charge in [-0.2, -0.15) is 0 Å². The third-order valence-electron chi connectivity index (χ3n) is 8.95. The second-order valence-electron chi connectivity index (χ2n) is 14.2. The van der Waals surface area contributed by atoms with E-state index in [-0.39, 0.29) is 52.1 Å². The quantitative estimate of drug-likeness (QED) is 0.0261. The van der Waals surface area contributed by atoms with Crippen LogP contribution < -0.4 is 21.3 Å². The summed E-state index contributed by atoms with van der Waals surface area (Å²) >= 11 is 0. The van der Waals surface area contributed by atoms with E-state index in [1.165, 1.54) is 0 Å². The zero-order chi connectivity index (χ0) is 46.9. The highest BCUT2D eigenvalue weighted by molar-refractivity contribution is 7.71. The largest absolute Gasteiger partial charge is 0.445 e. The van der Waals surface area contributed by atoms with Crippen LogP contribution in [0.2, 0.25) is 0 Å². The van der Waals surface area contributed by atoms with Gasteiger partial charge in [0.25, 0.3) is 0 Å². The third-order valence-corrected chi connectivity index (χ3v) is 14.0. The van der Waals surface area contributed by atoms with E-state index in [0.717, 1.165) is 0 Å². The first kappa shape index (κ1) is 51.9. The van der Waals surface area contributed by atoms with Gasteiger partial charge in [-0.05, 0) is 47.9 Å². The molecule has 0 aromatic heterocycles. The summed E-state index contributed by atoms with van der Waals surface area (Å²) in [5, 5.41) is 9.98. The van der Waals surface area contributed by atoms with Gasteiger partial charge in [-0.1, -0.05) is 149 Å². The van der Waals surface area contributed by atoms with Crippen LogP contribution >= 0.6 is 15.2 Å². The predicted octanol–water partition coefficient (Wildman–Crippen LogP) is 10.0. The average Bonchev–Trinajstić information content (AvgIpc) is 3.31. The summed E-state index contributed by atoms with van der Waals surface area (Å²) in [5.74, 6) is -1.16. The normalized spacial score (nSPS) is 14.7. The minimum atomic E-state index is -4.90. The predicted molar refractivity (Wildman–Crippen MR) is 240 cm³/mol. The molecule has 0 aliphatic rings. The Morgan fingerprint density at radius 1 is 0.385 bits per heavy atom. The summed E-state index contributed by atoms with van der Waals surface area (Å²) in [5.41, 5.74) is 2.79. The maximum atomic E-state index is 15.2. The number of alkyl carbamates (subject to hydrolysis) is 4. The van der Waals surface area contributed by atoms with E-state index in [9.17, 15) is 19.2 Å². The minimum Gasteiger partial charge on any atom is -0.445 e. The first-order valence-corrected chi connectivity index (χ1v) is 24.6. The van der Waals surface area contributed by atoms with Gasteiger partial charge < -0.3 is 18.9 Å². The van der Waals surface area contributed by atoms with Crippen LogP contribution in [-0.2, 0) is 72.6 Å². The van der Waals surface area contributed by atoms with Gasteiger partial charge in [0.1, 0.15) is 51.3 Å². The highest BCUT2D eigenvalue weighted by Gasteiger charge is 2.45. The molecule has 4 aromatic carbocycles. The van der Waals surface area contributed by atoms with Crippen molar-refractivity contribution in [2.24, 2.45) is 0 Å². The fourth-order valence-corrected chi connectivity index (χ4v) is 10.8. The van der Waals surface area contributed by atoms with Gasteiger partial charge in [0, 0.05) is 0 Å². The summed E-state index contributed by atoms with van der Waals surface area (Å²) in [6.07, 6.45) is -9.35. The van der Waals surface area contributed by atoms with Crippen LogP contribution in [0.1, 0.15) is 75.6 Å². The van der Waals surface area contributed by atoms with Gasteiger partial charge in [0.15, 0.2) is 5.90 Å². The number of benzene rings is 4. The number of ether oxygens (including phenoxy) is 4. The Bertz CT molecular complexity index is 1850. The van der Waals surface area contributed by atoms with E-state index >= 15 is 9.13 Å². The second-order valence-corrected chi connectivity index (χ2v) is 18.6. The Kier molecular flexibility index (Phi) is 22.0. The van der Waals surface area contributed by atoms with Crippen molar-refractivity contribution in [3.8, 4) is 0 Å². The first-order chi connectivity index (χ1) is 31.3. The monoisotopic (exact) mass is 940 g/mol. The molecular formula is C45H58N4O14P2. The molecule has 4 aromatic rings. The van der Waals surface area contributed by atoms with Crippen molar-refractivity contribution in [1.29, 1.82) is 0 Å². The SMILES string of the molecule is CCC(NC(=O)OCc1ccccc1)OP(=O)(CP(=O)(OC(CC)NC(=O)OCc1ccccc1)OC(CC)NC(=O)OCc1ccccc1)OC(CC)NC(=O)OCc1ccccc1. The molecule has 0 heterocycles. The lowest BCUT2D eigenvalue weighted by molar-refractivity contribution is 0.0594. The van der Waals surface area contributed by atoms with Gasteiger partial charge >= 0.3 is 39.6 Å². The van der Waals surface area contributed by atoms with Crippen LogP contribution in [0.15, 0.2) is 121 Å². The summed E-state index contributed by atoms with van der Waals surface area (Å²) < 4.78 is 75.8. The molecule has 4 N–H and O–H groups in total. The van der Waals surface area contributed by atoms with E-state index < -0.39 is 70.4 Å². The van der Waals surface area contributed by atoms with E-state index in [1.54, 1.807) is 125 Å². The van der Waals surface area contributed by atoms with Crippen molar-refractivity contribution in [2.45, 2.75) is 105 Å². The molecule has 0 spiro atoms. The lowest BCUT2D eigenvalue weighted by atomic mass is 10.2. The lowest BCUT2D eigenvalue weighted by Crippen LogP contribution is -2.40. The molecule has 4 amide bonds. The molecule has 0 radical (unpaired) electrons. The number of carbonyl (C=O) groups excluding carboxylic acids is 4. The van der Waals surface area contributed by atoms with E-state index in [0.29, 0.717) is 22.3 Å². The molecule has 20 heteroatoms. The van der Waals surface area contributed by atoms with Crippen LogP contribution in [0.4, 0.5) is 19.2 Å². The van der Waals surface area contributed by atoms with Gasteiger partial charge in [0.2, 0.25) is 0 Å². The van der Waals surface area contributed by atoms with Crippen molar-refractivity contribution >= 4 is 39.6 Å². The number of hydrogen-bond acceptors (Lipinski definition) is 14. The van der Waals surface area contributed by atoms with Gasteiger partial charge in [-0.15, -0.1) is 0 Å². The van der Waals surface area contributed by atoms with Gasteiger partial charge in [0.05, 0.1) is 0 Å². The number of hydrogen-bond donors (Lipinski definition) is 4. The lowest BCUT2D eigenvalue weighted by Gasteiger charge is -2.32. The molecular weight excluding hydrogens is 882 g/mol. The number of rotatable bonds is 26. The summed E-state index contributed by atoms with van der Waals surface area (Å²) in [6, 6.07) is 35.5. The Morgan fingerprint density at radius 2 is 0.585 bits per heavy atom. The van der Waals surface area contributed by atoms with Crippen LogP contribution in [0, 0.1) is 0 Å². The van der Waals surface area contributed by atoms with Crippen molar-refractivity contribution in [1.82, 2.24) is 21.3 Å². The maximum absolute atomic E-state index is 15.2. The fourth-order valence-electron chi connectivity index (χ4n) is 5.57.